The minimum absolute atomic E-state index is 0.0630. The molecule has 4 atom stereocenters. The second-order valence-corrected chi connectivity index (χ2v) is 10.7. The Morgan fingerprint density at radius 3 is 2.15 bits per heavy atom. The molecule has 2 amide bonds. The fourth-order valence-corrected chi connectivity index (χ4v) is 4.56. The maximum absolute atomic E-state index is 13.6. The van der Waals surface area contributed by atoms with Crippen LogP contribution in [0.4, 0.5) is 0 Å². The first-order valence-corrected chi connectivity index (χ1v) is 13.0. The van der Waals surface area contributed by atoms with Crippen LogP contribution < -0.4 is 5.32 Å². The molecule has 2 unspecified atom stereocenters. The smallest absolute Gasteiger partial charge is 0.333 e. The van der Waals surface area contributed by atoms with E-state index < -0.39 is 6.04 Å². The summed E-state index contributed by atoms with van der Waals surface area (Å²) in [6.07, 6.45) is 4.73. The Morgan fingerprint density at radius 1 is 1.03 bits per heavy atom. The molecule has 0 saturated carbocycles. The van der Waals surface area contributed by atoms with E-state index in [1.165, 1.54) is 0 Å². The van der Waals surface area contributed by atoms with Gasteiger partial charge in [-0.15, -0.1) is 0 Å². The zero-order chi connectivity index (χ0) is 26.2. The number of likely N-dealkylation sites (tertiary alicyclic amines) is 1. The van der Waals surface area contributed by atoms with Crippen LogP contribution in [0.5, 0.6) is 0 Å². The molecule has 7 nitrogen and oxygen atoms in total. The van der Waals surface area contributed by atoms with E-state index in [4.69, 9.17) is 4.74 Å². The topological polar surface area (TPSA) is 79.0 Å². The molecule has 0 spiro atoms. The highest BCUT2D eigenvalue weighted by atomic mass is 16.5. The monoisotopic (exact) mass is 479 g/mol. The Hall–Kier alpha value is -1.89. The number of carbonyl (C=O) groups excluding carboxylic acids is 3. The van der Waals surface area contributed by atoms with E-state index in [2.05, 4.69) is 31.0 Å². The first-order chi connectivity index (χ1) is 15.8. The summed E-state index contributed by atoms with van der Waals surface area (Å²) in [5, 5.41) is 3.10. The number of hydrogen-bond donors (Lipinski definition) is 1. The van der Waals surface area contributed by atoms with Crippen LogP contribution in [0.25, 0.3) is 0 Å². The van der Waals surface area contributed by atoms with E-state index >= 15 is 0 Å². The van der Waals surface area contributed by atoms with Crippen LogP contribution in [0.2, 0.25) is 0 Å². The largest absolute Gasteiger partial charge is 0.463 e. The molecule has 196 valence electrons. The van der Waals surface area contributed by atoms with Crippen LogP contribution in [0, 0.1) is 17.8 Å². The lowest BCUT2D eigenvalue weighted by Gasteiger charge is -2.41. The van der Waals surface area contributed by atoms with Crippen molar-refractivity contribution < 1.29 is 19.1 Å². The predicted octanol–water partition coefficient (Wildman–Crippen LogP) is 4.02. The molecule has 1 aliphatic heterocycles. The minimum Gasteiger partial charge on any atom is -0.463 e. The van der Waals surface area contributed by atoms with Crippen molar-refractivity contribution in [2.24, 2.45) is 17.8 Å². The minimum atomic E-state index is -0.631. The van der Waals surface area contributed by atoms with Gasteiger partial charge in [0.2, 0.25) is 11.8 Å². The van der Waals surface area contributed by atoms with E-state index in [0.29, 0.717) is 24.1 Å². The summed E-state index contributed by atoms with van der Waals surface area (Å²) in [6.45, 7) is 19.2. The quantitative estimate of drug-likeness (QED) is 0.358. The Labute approximate surface area is 207 Å². The highest BCUT2D eigenvalue weighted by Crippen LogP contribution is 2.24. The molecule has 0 aromatic heterocycles. The fraction of sp³-hybridized carbons (Fsp3) is 0.815. The molecule has 1 aliphatic rings. The van der Waals surface area contributed by atoms with Crippen molar-refractivity contribution in [1.29, 1.82) is 0 Å². The lowest BCUT2D eigenvalue weighted by molar-refractivity contribution is -0.140. The van der Waals surface area contributed by atoms with Crippen LogP contribution >= 0.6 is 0 Å². The van der Waals surface area contributed by atoms with Gasteiger partial charge in [-0.05, 0) is 57.9 Å². The van der Waals surface area contributed by atoms with Gasteiger partial charge in [0, 0.05) is 18.7 Å². The number of piperidine rings is 1. The van der Waals surface area contributed by atoms with Gasteiger partial charge in [-0.25, -0.2) is 4.79 Å². The van der Waals surface area contributed by atoms with Crippen molar-refractivity contribution in [3.63, 3.8) is 0 Å². The Bertz CT molecular complexity index is 717. The average Bonchev–Trinajstić information content (AvgIpc) is 2.78. The third-order valence-corrected chi connectivity index (χ3v) is 7.06. The van der Waals surface area contributed by atoms with Crippen LogP contribution in [0.1, 0.15) is 81.6 Å². The Morgan fingerprint density at radius 2 is 1.65 bits per heavy atom. The molecule has 0 radical (unpaired) electrons. The van der Waals surface area contributed by atoms with Crippen LogP contribution in [-0.2, 0) is 19.1 Å². The summed E-state index contributed by atoms with van der Waals surface area (Å²) >= 11 is 0. The summed E-state index contributed by atoms with van der Waals surface area (Å²) < 4.78 is 5.10. The number of carbonyl (C=O) groups is 3. The summed E-state index contributed by atoms with van der Waals surface area (Å²) in [7, 11) is 1.75. The number of amides is 2. The molecular weight excluding hydrogens is 430 g/mol. The maximum atomic E-state index is 13.6. The van der Waals surface area contributed by atoms with Gasteiger partial charge in [0.05, 0.1) is 18.7 Å². The number of esters is 1. The van der Waals surface area contributed by atoms with Crippen LogP contribution in [0.3, 0.4) is 0 Å². The third-order valence-electron chi connectivity index (χ3n) is 7.06. The molecule has 0 aromatic rings. The zero-order valence-corrected chi connectivity index (χ0v) is 23.2. The SMILES string of the molecule is CCOC(=O)/C(C)=C/[C@H](C(C)C)N(C)C(=O)[C@@H](NC(=O)C1CCCCN1C(C)C(C)C)C(C)C. The second kappa shape index (κ2) is 13.9. The maximum Gasteiger partial charge on any atom is 0.333 e. The van der Waals surface area contributed by atoms with Gasteiger partial charge < -0.3 is 15.0 Å². The number of hydrogen-bond acceptors (Lipinski definition) is 5. The van der Waals surface area contributed by atoms with Gasteiger partial charge in [0.25, 0.3) is 0 Å². The van der Waals surface area contributed by atoms with Crippen LogP contribution in [-0.4, -0.2) is 72.0 Å². The van der Waals surface area contributed by atoms with E-state index in [1.807, 2.05) is 27.7 Å². The van der Waals surface area contributed by atoms with E-state index in [0.717, 1.165) is 25.8 Å². The number of rotatable bonds is 11. The lowest BCUT2D eigenvalue weighted by atomic mass is 9.93. The molecule has 1 rings (SSSR count). The van der Waals surface area contributed by atoms with E-state index in [-0.39, 0.29) is 41.7 Å². The van der Waals surface area contributed by atoms with Gasteiger partial charge in [0.1, 0.15) is 6.04 Å². The van der Waals surface area contributed by atoms with E-state index in [1.54, 1.807) is 31.9 Å². The number of likely N-dealkylation sites (N-methyl/N-ethyl adjacent to an activating group) is 1. The summed E-state index contributed by atoms with van der Waals surface area (Å²) in [6, 6.07) is -0.832. The van der Waals surface area contributed by atoms with Crippen molar-refractivity contribution in [2.45, 2.75) is 106 Å². The van der Waals surface area contributed by atoms with Gasteiger partial charge in [0.15, 0.2) is 0 Å². The first-order valence-electron chi connectivity index (χ1n) is 13.0. The van der Waals surface area contributed by atoms with Gasteiger partial charge >= 0.3 is 5.97 Å². The molecule has 1 N–H and O–H groups in total. The van der Waals surface area contributed by atoms with E-state index in [9.17, 15) is 14.4 Å². The normalized spacial score (nSPS) is 20.3. The van der Waals surface area contributed by atoms with Crippen LogP contribution in [0.15, 0.2) is 11.6 Å². The van der Waals surface area contributed by atoms with Crippen molar-refractivity contribution in [2.75, 3.05) is 20.2 Å². The third kappa shape index (κ3) is 8.10. The fourth-order valence-electron chi connectivity index (χ4n) is 4.56. The standard InChI is InChI=1S/C27H49N3O4/c1-11-34-27(33)20(8)16-23(18(4)5)29(10)26(32)24(19(6)7)28-25(31)22-14-12-13-15-30(22)21(9)17(2)3/h16-19,21-24H,11-15H2,1-10H3,(H,28,31)/b20-16+/t21?,22?,23-,24+/m1/s1. The Balaban J connectivity index is 3.09. The van der Waals surface area contributed by atoms with Gasteiger partial charge in [-0.2, -0.15) is 0 Å². The van der Waals surface area contributed by atoms with Crippen molar-refractivity contribution in [3.8, 4) is 0 Å². The lowest BCUT2D eigenvalue weighted by Crippen LogP contribution is -2.59. The number of nitrogens with zero attached hydrogens (tertiary/aromatic N) is 2. The molecule has 1 fully saturated rings. The summed E-state index contributed by atoms with van der Waals surface area (Å²) in [5.41, 5.74) is 0.478. The molecule has 1 heterocycles. The zero-order valence-electron chi connectivity index (χ0n) is 23.2. The summed E-state index contributed by atoms with van der Waals surface area (Å²) in [4.78, 5) is 43.1. The molecule has 0 aromatic carbocycles. The summed E-state index contributed by atoms with van der Waals surface area (Å²) in [5.74, 6) is -0.118. The van der Waals surface area contributed by atoms with Crippen molar-refractivity contribution in [3.05, 3.63) is 11.6 Å². The van der Waals surface area contributed by atoms with Crippen molar-refractivity contribution in [1.82, 2.24) is 15.1 Å². The molecule has 7 heteroatoms. The van der Waals surface area contributed by atoms with Gasteiger partial charge in [-0.1, -0.05) is 54.0 Å². The molecule has 0 bridgehead atoms. The Kier molecular flexibility index (Phi) is 12.3. The molecule has 1 saturated heterocycles. The molecule has 34 heavy (non-hydrogen) atoms. The second-order valence-electron chi connectivity index (χ2n) is 10.7. The number of nitrogens with one attached hydrogen (secondary N) is 1. The molecule has 0 aliphatic carbocycles. The predicted molar refractivity (Wildman–Crippen MR) is 137 cm³/mol. The average molecular weight is 480 g/mol. The highest BCUT2D eigenvalue weighted by molar-refractivity contribution is 5.91. The first kappa shape index (κ1) is 30.1. The van der Waals surface area contributed by atoms with Crippen molar-refractivity contribution >= 4 is 17.8 Å². The highest BCUT2D eigenvalue weighted by Gasteiger charge is 2.37. The molecular formula is C27H49N3O4. The number of ether oxygens (including phenoxy) is 1. The van der Waals surface area contributed by atoms with Gasteiger partial charge in [-0.3, -0.25) is 14.5 Å².